The molecule has 0 bridgehead atoms. The number of methoxy groups -OCH3 is 3. The normalized spacial score (nSPS) is 12.2. The molecule has 0 saturated heterocycles. The molecule has 2 N–H and O–H groups in total. The molecule has 0 aromatic heterocycles. The van der Waals surface area contributed by atoms with Gasteiger partial charge in [-0.05, 0) is 42.7 Å². The zero-order valence-electron chi connectivity index (χ0n) is 20.5. The Morgan fingerprint density at radius 1 is 0.882 bits per heavy atom. The summed E-state index contributed by atoms with van der Waals surface area (Å²) in [5.41, 5.74) is 0.841. The highest BCUT2D eigenvalue weighted by Crippen LogP contribution is 2.31. The van der Waals surface area contributed by atoms with E-state index in [0.29, 0.717) is 35.5 Å². The zero-order valence-corrected chi connectivity index (χ0v) is 21.3. The second-order valence-corrected chi connectivity index (χ2v) is 9.84. The van der Waals surface area contributed by atoms with Gasteiger partial charge in [0.25, 0.3) is 0 Å². The Bertz CT molecular complexity index is 1070. The third kappa shape index (κ3) is 7.53. The van der Waals surface area contributed by atoms with Crippen LogP contribution in [0.2, 0.25) is 0 Å². The highest BCUT2D eigenvalue weighted by molar-refractivity contribution is 7.89. The van der Waals surface area contributed by atoms with E-state index >= 15 is 0 Å². The molecule has 2 aromatic carbocycles. The van der Waals surface area contributed by atoms with Crippen LogP contribution in [0.25, 0.3) is 0 Å². The van der Waals surface area contributed by atoms with Gasteiger partial charge >= 0.3 is 0 Å². The standard InChI is InChI=1S/C24H34N2O7S/c1-16(2)15-33-21-9-7-18(13-22(21)31-5)17(3)26-24(27)11-12-25-34(28,29)19-8-10-20(30-4)23(14-19)32-6/h7-10,13-14,16-17,25H,11-12,15H2,1-6H3,(H,26,27). The van der Waals surface area contributed by atoms with Crippen molar-refractivity contribution in [1.82, 2.24) is 10.0 Å². The predicted molar refractivity (Wildman–Crippen MR) is 129 cm³/mol. The molecule has 2 aromatic rings. The molecular weight excluding hydrogens is 460 g/mol. The Morgan fingerprint density at radius 3 is 2.12 bits per heavy atom. The summed E-state index contributed by atoms with van der Waals surface area (Å²) in [5, 5.41) is 2.87. The smallest absolute Gasteiger partial charge is 0.240 e. The number of nitrogens with one attached hydrogen (secondary N) is 2. The number of rotatable bonds is 13. The van der Waals surface area contributed by atoms with Gasteiger partial charge in [-0.15, -0.1) is 0 Å². The molecule has 0 radical (unpaired) electrons. The molecule has 1 atom stereocenters. The van der Waals surface area contributed by atoms with Gasteiger partial charge in [-0.2, -0.15) is 0 Å². The molecule has 0 aliphatic rings. The van der Waals surface area contributed by atoms with Crippen LogP contribution in [0.4, 0.5) is 0 Å². The first-order chi connectivity index (χ1) is 16.1. The summed E-state index contributed by atoms with van der Waals surface area (Å²) in [6, 6.07) is 9.48. The second-order valence-electron chi connectivity index (χ2n) is 8.07. The Morgan fingerprint density at radius 2 is 1.50 bits per heavy atom. The molecular formula is C24H34N2O7S. The van der Waals surface area contributed by atoms with Gasteiger partial charge in [0.15, 0.2) is 23.0 Å². The third-order valence-corrected chi connectivity index (χ3v) is 6.41. The Balaban J connectivity index is 1.93. The van der Waals surface area contributed by atoms with Crippen LogP contribution in [0.15, 0.2) is 41.3 Å². The first-order valence-corrected chi connectivity index (χ1v) is 12.4. The number of carbonyl (C=O) groups is 1. The van der Waals surface area contributed by atoms with E-state index in [4.69, 9.17) is 18.9 Å². The van der Waals surface area contributed by atoms with E-state index in [1.807, 2.05) is 25.1 Å². The Hall–Kier alpha value is -2.98. The molecule has 2 rings (SSSR count). The number of hydrogen-bond donors (Lipinski definition) is 2. The van der Waals surface area contributed by atoms with Crippen molar-refractivity contribution in [3.8, 4) is 23.0 Å². The van der Waals surface area contributed by atoms with Gasteiger partial charge in [0.2, 0.25) is 15.9 Å². The van der Waals surface area contributed by atoms with E-state index < -0.39 is 10.0 Å². The minimum Gasteiger partial charge on any atom is -0.493 e. The Labute approximate surface area is 201 Å². The average molecular weight is 495 g/mol. The quantitative estimate of drug-likeness (QED) is 0.439. The molecule has 0 aliphatic carbocycles. The summed E-state index contributed by atoms with van der Waals surface area (Å²) >= 11 is 0. The number of sulfonamides is 1. The van der Waals surface area contributed by atoms with Crippen molar-refractivity contribution < 1.29 is 32.2 Å². The third-order valence-electron chi connectivity index (χ3n) is 4.95. The summed E-state index contributed by atoms with van der Waals surface area (Å²) in [7, 11) is 0.642. The van der Waals surface area contributed by atoms with Crippen molar-refractivity contribution in [2.45, 2.75) is 38.1 Å². The van der Waals surface area contributed by atoms with E-state index in [1.165, 1.54) is 32.4 Å². The lowest BCUT2D eigenvalue weighted by Gasteiger charge is -2.18. The van der Waals surface area contributed by atoms with Gasteiger partial charge in [0, 0.05) is 19.0 Å². The molecule has 188 valence electrons. The molecule has 0 saturated carbocycles. The van der Waals surface area contributed by atoms with Crippen LogP contribution in [-0.2, 0) is 14.8 Å². The van der Waals surface area contributed by atoms with E-state index in [9.17, 15) is 13.2 Å². The van der Waals surface area contributed by atoms with Crippen LogP contribution in [0.1, 0.15) is 38.8 Å². The van der Waals surface area contributed by atoms with Gasteiger partial charge in [-0.3, -0.25) is 4.79 Å². The summed E-state index contributed by atoms with van der Waals surface area (Å²) < 4.78 is 49.0. The van der Waals surface area contributed by atoms with Crippen LogP contribution in [0.3, 0.4) is 0 Å². The minimum atomic E-state index is -3.82. The van der Waals surface area contributed by atoms with Crippen molar-refractivity contribution in [2.24, 2.45) is 5.92 Å². The minimum absolute atomic E-state index is 0.0193. The van der Waals surface area contributed by atoms with Gasteiger partial charge in [0.1, 0.15) is 0 Å². The molecule has 0 spiro atoms. The summed E-state index contributed by atoms with van der Waals surface area (Å²) in [5.74, 6) is 2.04. The Kier molecular flexibility index (Phi) is 10.0. The van der Waals surface area contributed by atoms with E-state index in [0.717, 1.165) is 5.56 Å². The first kappa shape index (κ1) is 27.3. The van der Waals surface area contributed by atoms with Crippen LogP contribution in [0.5, 0.6) is 23.0 Å². The number of ether oxygens (including phenoxy) is 4. The van der Waals surface area contributed by atoms with Crippen molar-refractivity contribution >= 4 is 15.9 Å². The maximum atomic E-state index is 12.6. The van der Waals surface area contributed by atoms with E-state index in [2.05, 4.69) is 23.9 Å². The number of carbonyl (C=O) groups excluding carboxylic acids is 1. The SMILES string of the molecule is COc1ccc(S(=O)(=O)NCCC(=O)NC(C)c2ccc(OCC(C)C)c(OC)c2)cc1OC. The van der Waals surface area contributed by atoms with Gasteiger partial charge in [0.05, 0.1) is 38.9 Å². The van der Waals surface area contributed by atoms with Crippen molar-refractivity contribution in [3.05, 3.63) is 42.0 Å². The highest BCUT2D eigenvalue weighted by Gasteiger charge is 2.18. The van der Waals surface area contributed by atoms with Crippen molar-refractivity contribution in [1.29, 1.82) is 0 Å². The lowest BCUT2D eigenvalue weighted by atomic mass is 10.1. The largest absolute Gasteiger partial charge is 0.493 e. The summed E-state index contributed by atoms with van der Waals surface area (Å²) in [6.07, 6.45) is -0.0242. The fourth-order valence-corrected chi connectivity index (χ4v) is 4.14. The average Bonchev–Trinajstić information content (AvgIpc) is 2.81. The van der Waals surface area contributed by atoms with Crippen LogP contribution < -0.4 is 29.0 Å². The van der Waals surface area contributed by atoms with Crippen LogP contribution in [-0.4, -0.2) is 48.8 Å². The fraction of sp³-hybridized carbons (Fsp3) is 0.458. The fourth-order valence-electron chi connectivity index (χ4n) is 3.09. The molecule has 0 fully saturated rings. The molecule has 1 unspecified atom stereocenters. The molecule has 34 heavy (non-hydrogen) atoms. The first-order valence-electron chi connectivity index (χ1n) is 10.9. The van der Waals surface area contributed by atoms with Crippen molar-refractivity contribution in [3.63, 3.8) is 0 Å². The van der Waals surface area contributed by atoms with Gasteiger partial charge < -0.3 is 24.3 Å². The van der Waals surface area contributed by atoms with Crippen molar-refractivity contribution in [2.75, 3.05) is 34.5 Å². The summed E-state index contributed by atoms with van der Waals surface area (Å²) in [4.78, 5) is 12.4. The zero-order chi connectivity index (χ0) is 25.3. The summed E-state index contributed by atoms with van der Waals surface area (Å²) in [6.45, 7) is 6.48. The molecule has 0 aliphatic heterocycles. The highest BCUT2D eigenvalue weighted by atomic mass is 32.2. The number of amides is 1. The predicted octanol–water partition coefficient (Wildman–Crippen LogP) is 3.29. The number of hydrogen-bond acceptors (Lipinski definition) is 7. The van der Waals surface area contributed by atoms with Crippen LogP contribution >= 0.6 is 0 Å². The lowest BCUT2D eigenvalue weighted by Crippen LogP contribution is -2.32. The number of benzene rings is 2. The lowest BCUT2D eigenvalue weighted by molar-refractivity contribution is -0.121. The maximum Gasteiger partial charge on any atom is 0.240 e. The molecule has 0 heterocycles. The van der Waals surface area contributed by atoms with Crippen LogP contribution in [0, 0.1) is 5.92 Å². The van der Waals surface area contributed by atoms with E-state index in [-0.39, 0.29) is 29.8 Å². The molecule has 9 nitrogen and oxygen atoms in total. The van der Waals surface area contributed by atoms with Gasteiger partial charge in [-0.1, -0.05) is 19.9 Å². The molecule has 10 heteroatoms. The maximum absolute atomic E-state index is 12.6. The van der Waals surface area contributed by atoms with Gasteiger partial charge in [-0.25, -0.2) is 13.1 Å². The second kappa shape index (κ2) is 12.5. The van der Waals surface area contributed by atoms with E-state index in [1.54, 1.807) is 7.11 Å². The monoisotopic (exact) mass is 494 g/mol. The topological polar surface area (TPSA) is 112 Å². The molecule has 1 amide bonds.